The fourth-order valence-electron chi connectivity index (χ4n) is 0.950. The van der Waals surface area contributed by atoms with Crippen LogP contribution in [0.15, 0.2) is 30.5 Å². The van der Waals surface area contributed by atoms with E-state index in [1.54, 1.807) is 24.3 Å². The second-order valence-electron chi connectivity index (χ2n) is 2.68. The van der Waals surface area contributed by atoms with E-state index in [4.69, 9.17) is 16.4 Å². The van der Waals surface area contributed by atoms with Crippen molar-refractivity contribution in [2.75, 3.05) is 6.61 Å². The van der Waals surface area contributed by atoms with Crippen LogP contribution in [0.5, 0.6) is 5.75 Å². The summed E-state index contributed by atoms with van der Waals surface area (Å²) in [5.41, 5.74) is 0.776. The van der Waals surface area contributed by atoms with E-state index in [0.29, 0.717) is 5.75 Å². The van der Waals surface area contributed by atoms with E-state index in [1.807, 2.05) is 0 Å². The first-order chi connectivity index (χ1) is 7.22. The zero-order chi connectivity index (χ0) is 11.1. The Kier molecular flexibility index (Phi) is 3.92. The van der Waals surface area contributed by atoms with Gasteiger partial charge < -0.3 is 4.74 Å². The molecule has 0 unspecified atom stereocenters. The zero-order valence-corrected chi connectivity index (χ0v) is 7.96. The summed E-state index contributed by atoms with van der Waals surface area (Å²) in [4.78, 5) is 9.90. The van der Waals surface area contributed by atoms with E-state index in [-0.39, 0.29) is 11.5 Å². The summed E-state index contributed by atoms with van der Waals surface area (Å²) < 4.78 is 5.15. The summed E-state index contributed by atoms with van der Waals surface area (Å²) in [6, 6.07) is 6.94. The highest BCUT2D eigenvalue weighted by atomic mass is 16.6. The maximum absolute atomic E-state index is 10.2. The van der Waals surface area contributed by atoms with Crippen LogP contribution in [0, 0.1) is 17.3 Å². The number of ether oxygens (including phenoxy) is 1. The minimum atomic E-state index is -0.261. The van der Waals surface area contributed by atoms with Crippen LogP contribution in [-0.2, 0) is 0 Å². The molecule has 0 radical (unpaired) electrons. The van der Waals surface area contributed by atoms with E-state index < -0.39 is 0 Å². The van der Waals surface area contributed by atoms with Crippen LogP contribution in [0.3, 0.4) is 0 Å². The molecule has 0 aliphatic carbocycles. The summed E-state index contributed by atoms with van der Waals surface area (Å²) in [6.07, 6.45) is 7.50. The van der Waals surface area contributed by atoms with Crippen molar-refractivity contribution in [3.8, 4) is 18.1 Å². The van der Waals surface area contributed by atoms with Crippen LogP contribution < -0.4 is 4.74 Å². The maximum Gasteiger partial charge on any atom is 0.282 e. The highest BCUT2D eigenvalue weighted by molar-refractivity contribution is 5.49. The Bertz CT molecular complexity index is 401. The predicted octanol–water partition coefficient (Wildman–Crippen LogP) is 1.84. The van der Waals surface area contributed by atoms with Crippen molar-refractivity contribution in [2.24, 2.45) is 0 Å². The van der Waals surface area contributed by atoms with Crippen LogP contribution in [0.1, 0.15) is 5.56 Å². The van der Waals surface area contributed by atoms with E-state index in [9.17, 15) is 4.91 Å². The second kappa shape index (κ2) is 5.45. The molecular formula is C11H10NO3+. The molecule has 0 aliphatic heterocycles. The standard InChI is InChI=1S/C11H10NO3/c1-2-9-15-11-5-3-10(4-6-11)7-8-12(13)14/h1,3-8H,9H2,(H,13,14)/q+1/b8-7+. The van der Waals surface area contributed by atoms with Crippen molar-refractivity contribution in [3.05, 3.63) is 40.9 Å². The van der Waals surface area contributed by atoms with Gasteiger partial charge in [0.25, 0.3) is 6.20 Å². The molecule has 4 nitrogen and oxygen atoms in total. The summed E-state index contributed by atoms with van der Waals surface area (Å²) in [5.74, 6) is 3.01. The van der Waals surface area contributed by atoms with Gasteiger partial charge in [0.15, 0.2) is 0 Å². The molecule has 0 atom stereocenters. The normalized spacial score (nSPS) is 9.80. The van der Waals surface area contributed by atoms with Gasteiger partial charge in [0, 0.05) is 6.08 Å². The largest absolute Gasteiger partial charge is 0.481 e. The molecule has 1 N–H and O–H groups in total. The van der Waals surface area contributed by atoms with Crippen molar-refractivity contribution in [2.45, 2.75) is 0 Å². The minimum absolute atomic E-state index is 0.222. The third-order valence-corrected chi connectivity index (χ3v) is 1.60. The number of nitrogens with zero attached hydrogens (tertiary/aromatic N) is 1. The molecule has 4 heteroatoms. The van der Waals surface area contributed by atoms with Crippen molar-refractivity contribution in [3.63, 3.8) is 0 Å². The van der Waals surface area contributed by atoms with Crippen LogP contribution in [0.25, 0.3) is 6.08 Å². The van der Waals surface area contributed by atoms with Gasteiger partial charge in [-0.2, -0.15) is 0 Å². The van der Waals surface area contributed by atoms with Crippen LogP contribution in [-0.4, -0.2) is 16.7 Å². The molecule has 0 aromatic heterocycles. The topological polar surface area (TPSA) is 49.5 Å². The number of hydrogen-bond acceptors (Lipinski definition) is 2. The van der Waals surface area contributed by atoms with Gasteiger partial charge >= 0.3 is 0 Å². The van der Waals surface area contributed by atoms with Crippen molar-refractivity contribution < 1.29 is 14.9 Å². The van der Waals surface area contributed by atoms with E-state index in [2.05, 4.69) is 5.92 Å². The molecule has 1 aromatic carbocycles. The van der Waals surface area contributed by atoms with Gasteiger partial charge in [0.05, 0.1) is 4.91 Å². The van der Waals surface area contributed by atoms with Gasteiger partial charge in [0.1, 0.15) is 12.4 Å². The molecule has 0 aliphatic rings. The molecule has 0 saturated carbocycles. The molecule has 0 heterocycles. The summed E-state index contributed by atoms with van der Waals surface area (Å²) in [6.45, 7) is 0.222. The molecule has 0 spiro atoms. The Hall–Kier alpha value is -2.28. The van der Waals surface area contributed by atoms with Crippen molar-refractivity contribution in [1.29, 1.82) is 0 Å². The van der Waals surface area contributed by atoms with E-state index in [1.165, 1.54) is 6.08 Å². The molecule has 76 valence electrons. The lowest BCUT2D eigenvalue weighted by molar-refractivity contribution is -0.741. The third-order valence-electron chi connectivity index (χ3n) is 1.60. The van der Waals surface area contributed by atoms with Crippen molar-refractivity contribution >= 4 is 6.08 Å². The first kappa shape index (κ1) is 10.8. The highest BCUT2D eigenvalue weighted by Gasteiger charge is 1.96. The third kappa shape index (κ3) is 3.96. The van der Waals surface area contributed by atoms with Gasteiger partial charge in [-0.15, -0.1) is 6.42 Å². The second-order valence-corrected chi connectivity index (χ2v) is 2.68. The lowest BCUT2D eigenvalue weighted by atomic mass is 10.2. The fraction of sp³-hybridized carbons (Fsp3) is 0.0909. The smallest absolute Gasteiger partial charge is 0.282 e. The number of terminal acetylenes is 1. The Morgan fingerprint density at radius 1 is 1.47 bits per heavy atom. The molecule has 0 saturated heterocycles. The van der Waals surface area contributed by atoms with E-state index >= 15 is 0 Å². The minimum Gasteiger partial charge on any atom is -0.481 e. The highest BCUT2D eigenvalue weighted by Crippen LogP contribution is 2.12. The first-order valence-corrected chi connectivity index (χ1v) is 4.22. The summed E-state index contributed by atoms with van der Waals surface area (Å²) in [5, 5.41) is 8.33. The van der Waals surface area contributed by atoms with Gasteiger partial charge in [0.2, 0.25) is 4.92 Å². The SMILES string of the molecule is C#CCOc1ccc(/C=C/[N+](=O)O)cc1. The molecular weight excluding hydrogens is 194 g/mol. The number of benzene rings is 1. The maximum atomic E-state index is 10.2. The van der Waals surface area contributed by atoms with Gasteiger partial charge in [-0.05, 0) is 17.7 Å². The Balaban J connectivity index is 2.64. The number of rotatable bonds is 4. The lowest BCUT2D eigenvalue weighted by Gasteiger charge is -2.00. The fourth-order valence-corrected chi connectivity index (χ4v) is 0.950. The Morgan fingerprint density at radius 3 is 2.67 bits per heavy atom. The average molecular weight is 204 g/mol. The monoisotopic (exact) mass is 204 g/mol. The Morgan fingerprint density at radius 2 is 2.13 bits per heavy atom. The van der Waals surface area contributed by atoms with Crippen LogP contribution >= 0.6 is 0 Å². The first-order valence-electron chi connectivity index (χ1n) is 4.22. The average Bonchev–Trinajstić information content (AvgIpc) is 2.25. The molecule has 1 rings (SSSR count). The molecule has 15 heavy (non-hydrogen) atoms. The number of hydrogen-bond donors (Lipinski definition) is 1. The van der Waals surface area contributed by atoms with Crippen LogP contribution in [0.2, 0.25) is 0 Å². The van der Waals surface area contributed by atoms with Gasteiger partial charge in [-0.25, -0.2) is 5.21 Å². The van der Waals surface area contributed by atoms with Crippen molar-refractivity contribution in [1.82, 2.24) is 0 Å². The summed E-state index contributed by atoms with van der Waals surface area (Å²) >= 11 is 0. The molecule has 0 fully saturated rings. The quantitative estimate of drug-likeness (QED) is 0.601. The summed E-state index contributed by atoms with van der Waals surface area (Å²) in [7, 11) is 0. The predicted molar refractivity (Wildman–Crippen MR) is 55.2 cm³/mol. The molecule has 1 aromatic rings. The van der Waals surface area contributed by atoms with E-state index in [0.717, 1.165) is 11.8 Å². The lowest BCUT2D eigenvalue weighted by Crippen LogP contribution is -1.92. The van der Waals surface area contributed by atoms with Gasteiger partial charge in [-0.1, -0.05) is 18.1 Å². The zero-order valence-electron chi connectivity index (χ0n) is 7.96. The molecule has 0 amide bonds. The Labute approximate surface area is 87.3 Å². The van der Waals surface area contributed by atoms with Gasteiger partial charge in [-0.3, -0.25) is 0 Å². The molecule has 0 bridgehead atoms. The van der Waals surface area contributed by atoms with Crippen LogP contribution in [0.4, 0.5) is 0 Å².